The van der Waals surface area contributed by atoms with E-state index in [-0.39, 0.29) is 11.3 Å². The summed E-state index contributed by atoms with van der Waals surface area (Å²) in [6.07, 6.45) is -5.11. The van der Waals surface area contributed by atoms with Gasteiger partial charge in [-0.25, -0.2) is 0 Å². The van der Waals surface area contributed by atoms with Crippen molar-refractivity contribution in [3.05, 3.63) is 29.3 Å². The molecule has 0 heterocycles. The highest BCUT2D eigenvalue weighted by Gasteiger charge is 2.34. The number of rotatable bonds is 2. The van der Waals surface area contributed by atoms with Crippen LogP contribution in [0.3, 0.4) is 0 Å². The van der Waals surface area contributed by atoms with Crippen molar-refractivity contribution < 1.29 is 18.3 Å². The van der Waals surface area contributed by atoms with Crippen LogP contribution in [0.4, 0.5) is 18.9 Å². The molecule has 0 spiro atoms. The standard InChI is InChI=1S/C10H12F3NO/c1-2-8(15)6-4-3-5-7(9(6)14)10(11,12)13/h3-5,8,15H,2,14H2,1H3. The lowest BCUT2D eigenvalue weighted by Crippen LogP contribution is -2.12. The molecule has 0 aliphatic carbocycles. The first-order valence-corrected chi connectivity index (χ1v) is 4.51. The summed E-state index contributed by atoms with van der Waals surface area (Å²) >= 11 is 0. The van der Waals surface area contributed by atoms with Crippen molar-refractivity contribution in [3.8, 4) is 0 Å². The molecule has 0 aliphatic heterocycles. The number of para-hydroxylation sites is 1. The molecule has 84 valence electrons. The van der Waals surface area contributed by atoms with Gasteiger partial charge in [-0.2, -0.15) is 13.2 Å². The lowest BCUT2D eigenvalue weighted by atomic mass is 10.0. The summed E-state index contributed by atoms with van der Waals surface area (Å²) in [4.78, 5) is 0. The molecule has 1 unspecified atom stereocenters. The first-order chi connectivity index (χ1) is 6.88. The summed E-state index contributed by atoms with van der Waals surface area (Å²) in [7, 11) is 0. The van der Waals surface area contributed by atoms with E-state index in [1.807, 2.05) is 0 Å². The molecule has 0 bridgehead atoms. The highest BCUT2D eigenvalue weighted by atomic mass is 19.4. The Labute approximate surface area is 85.5 Å². The monoisotopic (exact) mass is 219 g/mol. The van der Waals surface area contributed by atoms with Crippen molar-refractivity contribution in [1.29, 1.82) is 0 Å². The van der Waals surface area contributed by atoms with Gasteiger partial charge in [0.05, 0.1) is 11.7 Å². The SMILES string of the molecule is CCC(O)c1cccc(C(F)(F)F)c1N. The van der Waals surface area contributed by atoms with E-state index in [9.17, 15) is 18.3 Å². The first-order valence-electron chi connectivity index (χ1n) is 4.51. The third kappa shape index (κ3) is 2.41. The molecule has 1 rings (SSSR count). The van der Waals surface area contributed by atoms with Crippen LogP contribution in [0, 0.1) is 0 Å². The Bertz CT molecular complexity index is 349. The zero-order valence-electron chi connectivity index (χ0n) is 8.17. The van der Waals surface area contributed by atoms with Crippen molar-refractivity contribution in [2.24, 2.45) is 0 Å². The van der Waals surface area contributed by atoms with Gasteiger partial charge in [0.2, 0.25) is 0 Å². The molecule has 1 aromatic rings. The lowest BCUT2D eigenvalue weighted by Gasteiger charge is -2.16. The molecule has 3 N–H and O–H groups in total. The number of anilines is 1. The average Bonchev–Trinajstić information content (AvgIpc) is 2.15. The van der Waals surface area contributed by atoms with E-state index in [1.54, 1.807) is 6.92 Å². The van der Waals surface area contributed by atoms with E-state index in [2.05, 4.69) is 0 Å². The molecule has 0 radical (unpaired) electrons. The number of halogens is 3. The van der Waals surface area contributed by atoms with E-state index in [1.165, 1.54) is 12.1 Å². The lowest BCUT2D eigenvalue weighted by molar-refractivity contribution is -0.137. The van der Waals surface area contributed by atoms with Crippen LogP contribution in [0.1, 0.15) is 30.6 Å². The van der Waals surface area contributed by atoms with Crippen molar-refractivity contribution in [2.75, 3.05) is 5.73 Å². The summed E-state index contributed by atoms with van der Waals surface area (Å²) in [5.74, 6) is 0. The molecule has 0 saturated carbocycles. The summed E-state index contributed by atoms with van der Waals surface area (Å²) in [5, 5.41) is 9.45. The van der Waals surface area contributed by atoms with Gasteiger partial charge in [-0.05, 0) is 12.5 Å². The molecule has 0 fully saturated rings. The van der Waals surface area contributed by atoms with E-state index in [4.69, 9.17) is 5.73 Å². The third-order valence-corrected chi connectivity index (χ3v) is 2.19. The summed E-state index contributed by atoms with van der Waals surface area (Å²) in [6, 6.07) is 3.55. The van der Waals surface area contributed by atoms with Crippen LogP contribution in [0.5, 0.6) is 0 Å². The van der Waals surface area contributed by atoms with Crippen LogP contribution in [0.2, 0.25) is 0 Å². The maximum absolute atomic E-state index is 12.4. The van der Waals surface area contributed by atoms with Crippen molar-refractivity contribution in [2.45, 2.75) is 25.6 Å². The number of hydrogen-bond acceptors (Lipinski definition) is 2. The maximum Gasteiger partial charge on any atom is 0.418 e. The van der Waals surface area contributed by atoms with Gasteiger partial charge in [0, 0.05) is 11.3 Å². The second-order valence-corrected chi connectivity index (χ2v) is 3.23. The fourth-order valence-corrected chi connectivity index (χ4v) is 1.34. The average molecular weight is 219 g/mol. The molecule has 5 heteroatoms. The smallest absolute Gasteiger partial charge is 0.398 e. The van der Waals surface area contributed by atoms with Gasteiger partial charge < -0.3 is 10.8 Å². The molecule has 0 saturated heterocycles. The molecule has 0 aromatic heterocycles. The van der Waals surface area contributed by atoms with Gasteiger partial charge in [-0.1, -0.05) is 19.1 Å². The zero-order valence-corrected chi connectivity index (χ0v) is 8.17. The molecule has 15 heavy (non-hydrogen) atoms. The number of alkyl halides is 3. The Morgan fingerprint density at radius 2 is 2.00 bits per heavy atom. The number of nitrogen functional groups attached to an aromatic ring is 1. The highest BCUT2D eigenvalue weighted by Crippen LogP contribution is 2.37. The molecule has 1 aromatic carbocycles. The van der Waals surface area contributed by atoms with Gasteiger partial charge in [0.15, 0.2) is 0 Å². The normalized spacial score (nSPS) is 13.9. The largest absolute Gasteiger partial charge is 0.418 e. The Balaban J connectivity index is 3.23. The molecular weight excluding hydrogens is 207 g/mol. The Morgan fingerprint density at radius 3 is 2.47 bits per heavy atom. The van der Waals surface area contributed by atoms with Crippen LogP contribution in [0.15, 0.2) is 18.2 Å². The Morgan fingerprint density at radius 1 is 1.40 bits per heavy atom. The zero-order chi connectivity index (χ0) is 11.6. The maximum atomic E-state index is 12.4. The van der Waals surface area contributed by atoms with Crippen LogP contribution >= 0.6 is 0 Å². The Kier molecular flexibility index (Phi) is 3.24. The van der Waals surface area contributed by atoms with Crippen LogP contribution < -0.4 is 5.73 Å². The van der Waals surface area contributed by atoms with E-state index < -0.39 is 17.8 Å². The van der Waals surface area contributed by atoms with Crippen LogP contribution in [0.25, 0.3) is 0 Å². The fourth-order valence-electron chi connectivity index (χ4n) is 1.34. The summed E-state index contributed by atoms with van der Waals surface area (Å²) in [5.41, 5.74) is 4.21. The molecule has 1 atom stereocenters. The van der Waals surface area contributed by atoms with Crippen LogP contribution in [-0.4, -0.2) is 5.11 Å². The van der Waals surface area contributed by atoms with Crippen molar-refractivity contribution in [3.63, 3.8) is 0 Å². The minimum absolute atomic E-state index is 0.132. The second kappa shape index (κ2) is 4.10. The predicted octanol–water partition coefficient (Wildman–Crippen LogP) is 2.73. The van der Waals surface area contributed by atoms with Gasteiger partial charge in [-0.15, -0.1) is 0 Å². The summed E-state index contributed by atoms with van der Waals surface area (Å²) in [6.45, 7) is 1.67. The number of aliphatic hydroxyl groups is 1. The molecule has 0 aliphatic rings. The van der Waals surface area contributed by atoms with E-state index in [0.29, 0.717) is 6.42 Å². The number of aliphatic hydroxyl groups excluding tert-OH is 1. The van der Waals surface area contributed by atoms with Gasteiger partial charge in [0.25, 0.3) is 0 Å². The quantitative estimate of drug-likeness (QED) is 0.751. The molecule has 2 nitrogen and oxygen atoms in total. The fraction of sp³-hybridized carbons (Fsp3) is 0.400. The van der Waals surface area contributed by atoms with Gasteiger partial charge in [-0.3, -0.25) is 0 Å². The minimum Gasteiger partial charge on any atom is -0.398 e. The molecule has 0 amide bonds. The van der Waals surface area contributed by atoms with Gasteiger partial charge in [0.1, 0.15) is 0 Å². The number of benzene rings is 1. The highest BCUT2D eigenvalue weighted by molar-refractivity contribution is 5.55. The Hall–Kier alpha value is -1.23. The van der Waals surface area contributed by atoms with Gasteiger partial charge >= 0.3 is 6.18 Å². The number of hydrogen-bond donors (Lipinski definition) is 2. The van der Waals surface area contributed by atoms with E-state index >= 15 is 0 Å². The first kappa shape index (κ1) is 11.8. The van der Waals surface area contributed by atoms with Crippen LogP contribution in [-0.2, 0) is 6.18 Å². The third-order valence-electron chi connectivity index (χ3n) is 2.19. The topological polar surface area (TPSA) is 46.2 Å². The van der Waals surface area contributed by atoms with Crippen molar-refractivity contribution in [1.82, 2.24) is 0 Å². The molecular formula is C10H12F3NO. The van der Waals surface area contributed by atoms with Crippen molar-refractivity contribution >= 4 is 5.69 Å². The minimum atomic E-state index is -4.48. The summed E-state index contributed by atoms with van der Waals surface area (Å²) < 4.78 is 37.3. The van der Waals surface area contributed by atoms with E-state index in [0.717, 1.165) is 6.07 Å². The number of nitrogens with two attached hydrogens (primary N) is 1. The predicted molar refractivity (Wildman–Crippen MR) is 51.1 cm³/mol. The second-order valence-electron chi connectivity index (χ2n) is 3.23.